The van der Waals surface area contributed by atoms with Crippen molar-refractivity contribution in [2.75, 3.05) is 5.75 Å². The van der Waals surface area contributed by atoms with Crippen LogP contribution in [0.15, 0.2) is 0 Å². The van der Waals surface area contributed by atoms with E-state index >= 15 is 0 Å². The highest BCUT2D eigenvalue weighted by Crippen LogP contribution is 2.66. The van der Waals surface area contributed by atoms with Gasteiger partial charge in [-0.25, -0.2) is 4.79 Å². The zero-order valence-corrected chi connectivity index (χ0v) is 21.3. The normalized spacial score (nSPS) is 39.9. The Kier molecular flexibility index (Phi) is 7.37. The summed E-state index contributed by atoms with van der Waals surface area (Å²) in [6.45, 7) is 4.72. The van der Waals surface area contributed by atoms with Crippen molar-refractivity contribution in [1.29, 1.82) is 0 Å². The number of aliphatic carboxylic acids is 1. The van der Waals surface area contributed by atoms with Crippen LogP contribution in [-0.4, -0.2) is 46.6 Å². The SMILES string of the molecule is C[C@]12CCC(=O)CC1CCC1C2CC[C@]2(C)C(OC(=O)CCC(=O)NC(CS)C(=O)O)CCC12. The Bertz CT molecular complexity index is 847. The van der Waals surface area contributed by atoms with Gasteiger partial charge < -0.3 is 15.2 Å². The molecule has 4 saturated carbocycles. The minimum Gasteiger partial charge on any atom is -0.480 e. The molecule has 4 aliphatic rings. The summed E-state index contributed by atoms with van der Waals surface area (Å²) in [6, 6.07) is -1.06. The smallest absolute Gasteiger partial charge is 0.327 e. The van der Waals surface area contributed by atoms with Gasteiger partial charge in [0.05, 0.1) is 6.42 Å². The molecule has 0 heterocycles. The maximum atomic E-state index is 12.6. The molecule has 0 spiro atoms. The molecule has 8 atom stereocenters. The van der Waals surface area contributed by atoms with Gasteiger partial charge in [0.1, 0.15) is 17.9 Å². The number of carboxylic acid groups (broad SMARTS) is 1. The molecule has 0 aromatic heterocycles. The van der Waals surface area contributed by atoms with Crippen LogP contribution in [0.3, 0.4) is 0 Å². The molecule has 0 aliphatic heterocycles. The van der Waals surface area contributed by atoms with Crippen molar-refractivity contribution >= 4 is 36.3 Å². The van der Waals surface area contributed by atoms with Crippen LogP contribution in [0, 0.1) is 34.5 Å². The standard InChI is InChI=1S/C26H39NO6S/c1-25-11-9-16(28)13-15(25)3-4-17-18-5-6-21(26(18,2)12-10-19(17)25)33-23(30)8-7-22(29)27-20(14-34)24(31)32/h15,17-21,34H,3-14H2,1-2H3,(H,27,29)(H,31,32)/t15?,17?,18?,19?,20?,21?,25-,26-/m0/s1. The second-order valence-electron chi connectivity index (χ2n) is 11.6. The first-order valence-electron chi connectivity index (χ1n) is 12.9. The Morgan fingerprint density at radius 2 is 1.79 bits per heavy atom. The van der Waals surface area contributed by atoms with Gasteiger partial charge in [0, 0.05) is 30.4 Å². The predicted molar refractivity (Wildman–Crippen MR) is 129 cm³/mol. The topological polar surface area (TPSA) is 110 Å². The Hall–Kier alpha value is -1.57. The van der Waals surface area contributed by atoms with Crippen LogP contribution in [0.2, 0.25) is 0 Å². The molecule has 0 saturated heterocycles. The maximum Gasteiger partial charge on any atom is 0.327 e. The number of ketones is 1. The van der Waals surface area contributed by atoms with E-state index in [-0.39, 0.29) is 41.5 Å². The molecule has 6 unspecified atom stereocenters. The van der Waals surface area contributed by atoms with Crippen molar-refractivity contribution in [3.8, 4) is 0 Å². The summed E-state index contributed by atoms with van der Waals surface area (Å²) in [5.74, 6) is 0.779. The largest absolute Gasteiger partial charge is 0.480 e. The van der Waals surface area contributed by atoms with Gasteiger partial charge in [0.2, 0.25) is 5.91 Å². The highest BCUT2D eigenvalue weighted by Gasteiger charge is 2.61. The Morgan fingerprint density at radius 3 is 2.50 bits per heavy atom. The average molecular weight is 494 g/mol. The van der Waals surface area contributed by atoms with Gasteiger partial charge in [0.25, 0.3) is 0 Å². The number of nitrogens with one attached hydrogen (secondary N) is 1. The van der Waals surface area contributed by atoms with E-state index in [0.717, 1.165) is 51.4 Å². The quantitative estimate of drug-likeness (QED) is 0.368. The summed E-state index contributed by atoms with van der Waals surface area (Å²) in [5, 5.41) is 11.4. The lowest BCUT2D eigenvalue weighted by molar-refractivity contribution is -0.164. The molecular formula is C26H39NO6S. The van der Waals surface area contributed by atoms with E-state index in [2.05, 4.69) is 31.8 Å². The number of amides is 1. The van der Waals surface area contributed by atoms with E-state index < -0.39 is 17.9 Å². The fraction of sp³-hybridized carbons (Fsp3) is 0.846. The number of hydrogen-bond acceptors (Lipinski definition) is 6. The number of fused-ring (bicyclic) bond motifs is 5. The van der Waals surface area contributed by atoms with E-state index in [1.165, 1.54) is 6.42 Å². The lowest BCUT2D eigenvalue weighted by Gasteiger charge is -2.60. The third-order valence-corrected chi connectivity index (χ3v) is 10.4. The van der Waals surface area contributed by atoms with Gasteiger partial charge in [-0.2, -0.15) is 12.6 Å². The van der Waals surface area contributed by atoms with Crippen LogP contribution in [0.25, 0.3) is 0 Å². The van der Waals surface area contributed by atoms with Gasteiger partial charge in [-0.3, -0.25) is 14.4 Å². The van der Waals surface area contributed by atoms with E-state index in [0.29, 0.717) is 29.5 Å². The minimum absolute atomic E-state index is 0.00834. The highest BCUT2D eigenvalue weighted by atomic mass is 32.1. The summed E-state index contributed by atoms with van der Waals surface area (Å²) in [5.41, 5.74) is 0.230. The molecule has 34 heavy (non-hydrogen) atoms. The van der Waals surface area contributed by atoms with Gasteiger partial charge in [-0.1, -0.05) is 13.8 Å². The van der Waals surface area contributed by atoms with Crippen molar-refractivity contribution in [3.05, 3.63) is 0 Å². The number of hydrogen-bond donors (Lipinski definition) is 3. The Balaban J connectivity index is 1.34. The predicted octanol–water partition coefficient (Wildman–Crippen LogP) is 3.79. The number of carboxylic acids is 1. The minimum atomic E-state index is -1.14. The Morgan fingerprint density at radius 1 is 1.06 bits per heavy atom. The zero-order valence-electron chi connectivity index (χ0n) is 20.4. The summed E-state index contributed by atoms with van der Waals surface area (Å²) in [6.07, 6.45) is 8.66. The molecular weight excluding hydrogens is 454 g/mol. The first kappa shape index (κ1) is 25.5. The number of carbonyl (C=O) groups is 4. The fourth-order valence-corrected chi connectivity index (χ4v) is 8.32. The molecule has 4 rings (SSSR count). The second-order valence-corrected chi connectivity index (χ2v) is 12.0. The van der Waals surface area contributed by atoms with Crippen molar-refractivity contribution in [1.82, 2.24) is 5.32 Å². The van der Waals surface area contributed by atoms with Crippen molar-refractivity contribution in [2.24, 2.45) is 34.5 Å². The Labute approximate surface area is 207 Å². The summed E-state index contributed by atoms with van der Waals surface area (Å²) in [4.78, 5) is 47.8. The summed E-state index contributed by atoms with van der Waals surface area (Å²) >= 11 is 3.93. The number of carbonyl (C=O) groups excluding carboxylic acids is 3. The molecule has 4 fully saturated rings. The summed E-state index contributed by atoms with van der Waals surface area (Å²) in [7, 11) is 0. The monoisotopic (exact) mass is 493 g/mol. The third kappa shape index (κ3) is 4.63. The maximum absolute atomic E-state index is 12.6. The molecule has 190 valence electrons. The van der Waals surface area contributed by atoms with Gasteiger partial charge in [-0.05, 0) is 74.0 Å². The highest BCUT2D eigenvalue weighted by molar-refractivity contribution is 7.80. The average Bonchev–Trinajstić information content (AvgIpc) is 3.12. The number of Topliss-reactive ketones (excluding diaryl/α,β-unsaturated/α-hetero) is 1. The van der Waals surface area contributed by atoms with E-state index in [1.807, 2.05) is 0 Å². The molecule has 0 bridgehead atoms. The van der Waals surface area contributed by atoms with Crippen LogP contribution in [0.4, 0.5) is 0 Å². The van der Waals surface area contributed by atoms with Gasteiger partial charge in [0.15, 0.2) is 0 Å². The van der Waals surface area contributed by atoms with E-state index in [9.17, 15) is 19.2 Å². The first-order valence-corrected chi connectivity index (χ1v) is 13.6. The molecule has 1 amide bonds. The zero-order chi connectivity index (χ0) is 24.7. The van der Waals surface area contributed by atoms with Gasteiger partial charge in [-0.15, -0.1) is 0 Å². The lowest BCUT2D eigenvalue weighted by atomic mass is 9.45. The van der Waals surface area contributed by atoms with Crippen LogP contribution in [0.5, 0.6) is 0 Å². The lowest BCUT2D eigenvalue weighted by Crippen LogP contribution is -2.54. The van der Waals surface area contributed by atoms with Crippen molar-refractivity contribution in [2.45, 2.75) is 96.6 Å². The second kappa shape index (κ2) is 9.82. The molecule has 0 aromatic rings. The summed E-state index contributed by atoms with van der Waals surface area (Å²) < 4.78 is 5.94. The number of esters is 1. The van der Waals surface area contributed by atoms with Crippen molar-refractivity contribution in [3.63, 3.8) is 0 Å². The van der Waals surface area contributed by atoms with Gasteiger partial charge >= 0.3 is 11.9 Å². The number of ether oxygens (including phenoxy) is 1. The third-order valence-electron chi connectivity index (χ3n) is 10.0. The molecule has 7 nitrogen and oxygen atoms in total. The van der Waals surface area contributed by atoms with E-state index in [1.54, 1.807) is 0 Å². The van der Waals surface area contributed by atoms with Crippen LogP contribution < -0.4 is 5.32 Å². The molecule has 8 heteroatoms. The van der Waals surface area contributed by atoms with Crippen LogP contribution in [-0.2, 0) is 23.9 Å². The molecule has 0 aromatic carbocycles. The fourth-order valence-electron chi connectivity index (χ4n) is 8.08. The van der Waals surface area contributed by atoms with Crippen molar-refractivity contribution < 1.29 is 29.0 Å². The number of thiol groups is 1. The van der Waals surface area contributed by atoms with Crippen LogP contribution in [0.1, 0.15) is 84.5 Å². The number of rotatable bonds is 7. The van der Waals surface area contributed by atoms with Crippen LogP contribution >= 0.6 is 12.6 Å². The first-order chi connectivity index (χ1) is 16.1. The molecule has 4 aliphatic carbocycles. The molecule has 2 N–H and O–H groups in total. The van der Waals surface area contributed by atoms with E-state index in [4.69, 9.17) is 9.84 Å². The molecule has 0 radical (unpaired) electrons.